The van der Waals surface area contributed by atoms with Crippen molar-refractivity contribution in [1.29, 1.82) is 0 Å². The molecule has 0 bridgehead atoms. The number of nitrogens with one attached hydrogen (secondary N) is 1. The predicted octanol–water partition coefficient (Wildman–Crippen LogP) is 2.60. The van der Waals surface area contributed by atoms with E-state index in [2.05, 4.69) is 45.8 Å². The van der Waals surface area contributed by atoms with Crippen molar-refractivity contribution in [3.63, 3.8) is 0 Å². The van der Waals surface area contributed by atoms with Crippen LogP contribution in [0.25, 0.3) is 11.4 Å². The van der Waals surface area contributed by atoms with Gasteiger partial charge in [-0.3, -0.25) is 0 Å². The third-order valence-electron chi connectivity index (χ3n) is 2.85. The Kier molecular flexibility index (Phi) is 5.98. The number of hydrogen-bond acceptors (Lipinski definition) is 5. The van der Waals surface area contributed by atoms with E-state index in [1.807, 2.05) is 6.07 Å². The van der Waals surface area contributed by atoms with E-state index >= 15 is 0 Å². The molecule has 0 aliphatic heterocycles. The SMILES string of the molecule is COCCNCc1ccnc(-c2ccc(SC)cc2)n1. The van der Waals surface area contributed by atoms with Crippen LogP contribution in [-0.2, 0) is 11.3 Å². The Morgan fingerprint density at radius 3 is 2.70 bits per heavy atom. The highest BCUT2D eigenvalue weighted by atomic mass is 32.2. The van der Waals surface area contributed by atoms with Crippen molar-refractivity contribution in [2.75, 3.05) is 26.5 Å². The van der Waals surface area contributed by atoms with Crippen molar-refractivity contribution in [3.05, 3.63) is 42.2 Å². The zero-order valence-corrected chi connectivity index (χ0v) is 12.6. The Labute approximate surface area is 124 Å². The number of methoxy groups -OCH3 is 1. The second-order valence-corrected chi connectivity index (χ2v) is 5.15. The molecular formula is C15H19N3OS. The summed E-state index contributed by atoms with van der Waals surface area (Å²) in [6, 6.07) is 10.2. The number of hydrogen-bond donors (Lipinski definition) is 1. The van der Waals surface area contributed by atoms with Crippen LogP contribution in [0.5, 0.6) is 0 Å². The van der Waals surface area contributed by atoms with Crippen LogP contribution >= 0.6 is 11.8 Å². The van der Waals surface area contributed by atoms with Crippen LogP contribution in [-0.4, -0.2) is 36.5 Å². The largest absolute Gasteiger partial charge is 0.383 e. The zero-order chi connectivity index (χ0) is 14.2. The number of nitrogens with zero attached hydrogens (tertiary/aromatic N) is 2. The van der Waals surface area contributed by atoms with Crippen molar-refractivity contribution >= 4 is 11.8 Å². The molecule has 20 heavy (non-hydrogen) atoms. The summed E-state index contributed by atoms with van der Waals surface area (Å²) in [4.78, 5) is 10.2. The number of thioether (sulfide) groups is 1. The molecule has 0 amide bonds. The van der Waals surface area contributed by atoms with E-state index in [1.165, 1.54) is 4.90 Å². The average molecular weight is 289 g/mol. The van der Waals surface area contributed by atoms with Crippen LogP contribution in [0.15, 0.2) is 41.4 Å². The summed E-state index contributed by atoms with van der Waals surface area (Å²) in [6.45, 7) is 2.24. The fraction of sp³-hybridized carbons (Fsp3) is 0.333. The number of rotatable bonds is 7. The molecule has 2 rings (SSSR count). The van der Waals surface area contributed by atoms with Gasteiger partial charge in [-0.05, 0) is 24.5 Å². The highest BCUT2D eigenvalue weighted by molar-refractivity contribution is 7.98. The summed E-state index contributed by atoms with van der Waals surface area (Å²) in [5.74, 6) is 0.767. The number of benzene rings is 1. The lowest BCUT2D eigenvalue weighted by Gasteiger charge is -2.06. The summed E-state index contributed by atoms with van der Waals surface area (Å²) in [5.41, 5.74) is 2.03. The number of aromatic nitrogens is 2. The first-order valence-corrected chi connectivity index (χ1v) is 7.72. The molecule has 0 saturated carbocycles. The summed E-state index contributed by atoms with van der Waals surface area (Å²) in [7, 11) is 1.70. The average Bonchev–Trinajstić information content (AvgIpc) is 2.52. The van der Waals surface area contributed by atoms with Crippen LogP contribution in [0.4, 0.5) is 0 Å². The highest BCUT2D eigenvalue weighted by Gasteiger charge is 2.03. The van der Waals surface area contributed by atoms with Crippen molar-refractivity contribution < 1.29 is 4.74 Å². The molecular weight excluding hydrogens is 270 g/mol. The lowest BCUT2D eigenvalue weighted by atomic mass is 10.2. The van der Waals surface area contributed by atoms with Crippen LogP contribution in [0.1, 0.15) is 5.69 Å². The van der Waals surface area contributed by atoms with Crippen LogP contribution < -0.4 is 5.32 Å². The maximum Gasteiger partial charge on any atom is 0.159 e. The van der Waals surface area contributed by atoms with Gasteiger partial charge in [-0.15, -0.1) is 11.8 Å². The van der Waals surface area contributed by atoms with Gasteiger partial charge in [-0.2, -0.15) is 0 Å². The van der Waals surface area contributed by atoms with Crippen LogP contribution in [0.2, 0.25) is 0 Å². The molecule has 0 aliphatic carbocycles. The molecule has 0 unspecified atom stereocenters. The monoisotopic (exact) mass is 289 g/mol. The van der Waals surface area contributed by atoms with Gasteiger partial charge in [0.2, 0.25) is 0 Å². The maximum atomic E-state index is 5.00. The van der Waals surface area contributed by atoms with Gasteiger partial charge in [0.05, 0.1) is 12.3 Å². The fourth-order valence-corrected chi connectivity index (χ4v) is 2.17. The minimum atomic E-state index is 0.702. The van der Waals surface area contributed by atoms with E-state index in [0.29, 0.717) is 6.61 Å². The van der Waals surface area contributed by atoms with E-state index in [0.717, 1.165) is 30.2 Å². The van der Waals surface area contributed by atoms with Gasteiger partial charge in [0.15, 0.2) is 5.82 Å². The van der Waals surface area contributed by atoms with E-state index in [-0.39, 0.29) is 0 Å². The summed E-state index contributed by atoms with van der Waals surface area (Å²) < 4.78 is 5.00. The smallest absolute Gasteiger partial charge is 0.159 e. The minimum Gasteiger partial charge on any atom is -0.383 e. The van der Waals surface area contributed by atoms with Gasteiger partial charge < -0.3 is 10.1 Å². The lowest BCUT2D eigenvalue weighted by Crippen LogP contribution is -2.19. The molecule has 0 saturated heterocycles. The fourth-order valence-electron chi connectivity index (χ4n) is 1.76. The third kappa shape index (κ3) is 4.30. The molecule has 0 fully saturated rings. The summed E-state index contributed by atoms with van der Waals surface area (Å²) in [6.07, 6.45) is 3.87. The Morgan fingerprint density at radius 1 is 1.20 bits per heavy atom. The van der Waals surface area contributed by atoms with Gasteiger partial charge in [0, 0.05) is 36.9 Å². The van der Waals surface area contributed by atoms with Crippen LogP contribution in [0, 0.1) is 0 Å². The van der Waals surface area contributed by atoms with Gasteiger partial charge in [0.1, 0.15) is 0 Å². The molecule has 1 aromatic heterocycles. The first-order chi connectivity index (χ1) is 9.83. The molecule has 5 heteroatoms. The third-order valence-corrected chi connectivity index (χ3v) is 3.59. The predicted molar refractivity (Wildman–Crippen MR) is 82.8 cm³/mol. The van der Waals surface area contributed by atoms with E-state index in [9.17, 15) is 0 Å². The molecule has 1 aromatic carbocycles. The van der Waals surface area contributed by atoms with Crippen molar-refractivity contribution in [2.45, 2.75) is 11.4 Å². The Balaban J connectivity index is 2.04. The normalized spacial score (nSPS) is 10.7. The molecule has 0 atom stereocenters. The molecule has 0 aliphatic rings. The maximum absolute atomic E-state index is 5.00. The summed E-state index contributed by atoms with van der Waals surface area (Å²) in [5, 5.41) is 3.28. The molecule has 0 spiro atoms. The van der Waals surface area contributed by atoms with Crippen LogP contribution in [0.3, 0.4) is 0 Å². The van der Waals surface area contributed by atoms with Crippen molar-refractivity contribution in [1.82, 2.24) is 15.3 Å². The number of ether oxygens (including phenoxy) is 1. The highest BCUT2D eigenvalue weighted by Crippen LogP contribution is 2.20. The molecule has 4 nitrogen and oxygen atoms in total. The minimum absolute atomic E-state index is 0.702. The van der Waals surface area contributed by atoms with Gasteiger partial charge in [-0.25, -0.2) is 9.97 Å². The molecule has 1 N–H and O–H groups in total. The Morgan fingerprint density at radius 2 is 2.00 bits per heavy atom. The second kappa shape index (κ2) is 7.99. The van der Waals surface area contributed by atoms with Gasteiger partial charge >= 0.3 is 0 Å². The summed E-state index contributed by atoms with van der Waals surface area (Å²) >= 11 is 1.73. The molecule has 1 heterocycles. The topological polar surface area (TPSA) is 47.0 Å². The zero-order valence-electron chi connectivity index (χ0n) is 11.8. The quantitative estimate of drug-likeness (QED) is 0.627. The van der Waals surface area contributed by atoms with E-state index in [1.54, 1.807) is 25.1 Å². The lowest BCUT2D eigenvalue weighted by molar-refractivity contribution is 0.199. The van der Waals surface area contributed by atoms with E-state index < -0.39 is 0 Å². The second-order valence-electron chi connectivity index (χ2n) is 4.27. The van der Waals surface area contributed by atoms with Gasteiger partial charge in [0.25, 0.3) is 0 Å². The Hall–Kier alpha value is -1.43. The Bertz CT molecular complexity index is 531. The van der Waals surface area contributed by atoms with Gasteiger partial charge in [-0.1, -0.05) is 12.1 Å². The first-order valence-electron chi connectivity index (χ1n) is 6.49. The molecule has 0 radical (unpaired) electrons. The van der Waals surface area contributed by atoms with Crippen molar-refractivity contribution in [3.8, 4) is 11.4 Å². The first kappa shape index (κ1) is 15.0. The van der Waals surface area contributed by atoms with Crippen molar-refractivity contribution in [2.24, 2.45) is 0 Å². The molecule has 106 valence electrons. The van der Waals surface area contributed by atoms with E-state index in [4.69, 9.17) is 4.74 Å². The standard InChI is InChI=1S/C15H19N3OS/c1-19-10-9-16-11-13-7-8-17-15(18-13)12-3-5-14(20-2)6-4-12/h3-8,16H,9-11H2,1-2H3. The molecule has 2 aromatic rings.